The number of ether oxygens (including phenoxy) is 2. The Morgan fingerprint density at radius 3 is 2.75 bits per heavy atom. The molecule has 1 aromatic carbocycles. The van der Waals surface area contributed by atoms with Crippen molar-refractivity contribution in [2.75, 3.05) is 26.5 Å². The molecule has 9 heteroatoms. The molecule has 0 aromatic heterocycles. The van der Waals surface area contributed by atoms with Crippen LogP contribution in [0.15, 0.2) is 35.5 Å². The second-order valence-corrected chi connectivity index (χ2v) is 8.07. The van der Waals surface area contributed by atoms with E-state index in [1.807, 2.05) is 19.2 Å². The number of hydrogen-bond donors (Lipinski definition) is 1. The minimum absolute atomic E-state index is 0.108. The highest BCUT2D eigenvalue weighted by Crippen LogP contribution is 2.42. The fourth-order valence-electron chi connectivity index (χ4n) is 3.57. The van der Waals surface area contributed by atoms with Crippen LogP contribution in [0.2, 0.25) is 0 Å². The average molecular weight is 405 g/mol. The van der Waals surface area contributed by atoms with E-state index in [0.717, 1.165) is 29.9 Å². The number of β-lactam (4-membered cyclic amide) rings is 1. The lowest BCUT2D eigenvalue weighted by Crippen LogP contribution is -2.68. The van der Waals surface area contributed by atoms with Crippen molar-refractivity contribution in [2.24, 2.45) is 5.73 Å². The summed E-state index contributed by atoms with van der Waals surface area (Å²) in [4.78, 5) is 32.6. The molecule has 4 rings (SSSR count). The molecule has 1 amide bonds. The van der Waals surface area contributed by atoms with Crippen LogP contribution in [0.1, 0.15) is 12.0 Å². The maximum Gasteiger partial charge on any atom is 0.355 e. The van der Waals surface area contributed by atoms with Gasteiger partial charge in [-0.05, 0) is 24.1 Å². The summed E-state index contributed by atoms with van der Waals surface area (Å²) in [6.45, 7) is 0.876. The summed E-state index contributed by atoms with van der Waals surface area (Å²) in [6, 6.07) is 6.70. The number of hydroxylamine groups is 2. The number of nitrogens with two attached hydrogens (primary N) is 1. The molecule has 2 N–H and O–H groups in total. The molecule has 0 aliphatic carbocycles. The van der Waals surface area contributed by atoms with Crippen LogP contribution in [0.3, 0.4) is 0 Å². The van der Waals surface area contributed by atoms with Crippen LogP contribution < -0.4 is 10.5 Å². The van der Waals surface area contributed by atoms with Gasteiger partial charge in [-0.3, -0.25) is 14.5 Å². The van der Waals surface area contributed by atoms with Crippen molar-refractivity contribution >= 4 is 23.6 Å². The number of thioether (sulfide) groups is 1. The molecule has 2 saturated heterocycles. The van der Waals surface area contributed by atoms with Gasteiger partial charge in [-0.25, -0.2) is 4.79 Å². The van der Waals surface area contributed by atoms with Crippen LogP contribution in [-0.2, 0) is 25.8 Å². The first-order valence-corrected chi connectivity index (χ1v) is 10.2. The van der Waals surface area contributed by atoms with Crippen molar-refractivity contribution in [3.05, 3.63) is 41.1 Å². The zero-order valence-electron chi connectivity index (χ0n) is 15.8. The molecule has 3 atom stereocenters. The normalized spacial score (nSPS) is 27.5. The molecular formula is C19H23N3O5S. The molecule has 28 heavy (non-hydrogen) atoms. The van der Waals surface area contributed by atoms with E-state index in [1.165, 1.54) is 4.90 Å². The van der Waals surface area contributed by atoms with Gasteiger partial charge >= 0.3 is 5.97 Å². The first-order chi connectivity index (χ1) is 13.5. The van der Waals surface area contributed by atoms with Crippen LogP contribution in [0, 0.1) is 0 Å². The second kappa shape index (κ2) is 7.75. The number of hydrogen-bond acceptors (Lipinski definition) is 8. The van der Waals surface area contributed by atoms with E-state index >= 15 is 0 Å². The largest absolute Gasteiger partial charge is 0.497 e. The van der Waals surface area contributed by atoms with Crippen LogP contribution in [0.5, 0.6) is 5.75 Å². The Kier molecular flexibility index (Phi) is 5.33. The summed E-state index contributed by atoms with van der Waals surface area (Å²) in [5.74, 6) is 0.551. The Bertz CT molecular complexity index is 812. The van der Waals surface area contributed by atoms with Gasteiger partial charge in [0.25, 0.3) is 0 Å². The molecule has 3 aliphatic rings. The van der Waals surface area contributed by atoms with Crippen molar-refractivity contribution in [1.29, 1.82) is 0 Å². The van der Waals surface area contributed by atoms with E-state index < -0.39 is 12.0 Å². The Balaban J connectivity index is 1.55. The third kappa shape index (κ3) is 3.39. The second-order valence-electron chi connectivity index (χ2n) is 6.97. The van der Waals surface area contributed by atoms with Gasteiger partial charge in [-0.1, -0.05) is 12.1 Å². The summed E-state index contributed by atoms with van der Waals surface area (Å²) >= 11 is 1.56. The van der Waals surface area contributed by atoms with Gasteiger partial charge in [0.05, 0.1) is 7.11 Å². The molecule has 0 bridgehead atoms. The maximum absolute atomic E-state index is 13.0. The van der Waals surface area contributed by atoms with Crippen molar-refractivity contribution in [2.45, 2.75) is 30.5 Å². The fourth-order valence-corrected chi connectivity index (χ4v) is 4.93. The van der Waals surface area contributed by atoms with E-state index in [1.54, 1.807) is 36.1 Å². The summed E-state index contributed by atoms with van der Waals surface area (Å²) in [7, 11) is 3.45. The Labute approximate surface area is 167 Å². The number of nitrogens with zero attached hydrogens (tertiary/aromatic N) is 2. The lowest BCUT2D eigenvalue weighted by molar-refractivity contribution is -0.152. The van der Waals surface area contributed by atoms with Crippen LogP contribution in [-0.4, -0.2) is 65.8 Å². The number of esters is 1. The van der Waals surface area contributed by atoms with Gasteiger partial charge in [0.15, 0.2) is 0 Å². The van der Waals surface area contributed by atoms with Gasteiger partial charge in [0.2, 0.25) is 5.91 Å². The fraction of sp³-hybridized carbons (Fsp3) is 0.474. The van der Waals surface area contributed by atoms with E-state index in [9.17, 15) is 9.59 Å². The monoisotopic (exact) mass is 405 g/mol. The quantitative estimate of drug-likeness (QED) is 0.570. The first-order valence-electron chi connectivity index (χ1n) is 9.11. The van der Waals surface area contributed by atoms with Crippen molar-refractivity contribution in [3.63, 3.8) is 0 Å². The molecule has 2 fully saturated rings. The third-order valence-electron chi connectivity index (χ3n) is 5.16. The van der Waals surface area contributed by atoms with Gasteiger partial charge in [0.1, 0.15) is 35.6 Å². The number of carbonyl (C=O) groups is 2. The topological polar surface area (TPSA) is 94.3 Å². The van der Waals surface area contributed by atoms with Crippen molar-refractivity contribution in [3.8, 4) is 5.75 Å². The molecular weight excluding hydrogens is 382 g/mol. The summed E-state index contributed by atoms with van der Waals surface area (Å²) in [5.41, 5.74) is 7.84. The molecule has 150 valence electrons. The molecule has 3 aliphatic heterocycles. The van der Waals surface area contributed by atoms with Gasteiger partial charge in [0, 0.05) is 24.9 Å². The Morgan fingerprint density at radius 2 is 2.11 bits per heavy atom. The highest BCUT2D eigenvalue weighted by atomic mass is 32.2. The molecule has 0 unspecified atom stereocenters. The molecule has 0 saturated carbocycles. The van der Waals surface area contributed by atoms with E-state index in [4.69, 9.17) is 20.0 Å². The average Bonchev–Trinajstić information content (AvgIpc) is 3.16. The highest BCUT2D eigenvalue weighted by Gasteiger charge is 2.53. The molecule has 8 nitrogen and oxygen atoms in total. The molecule has 0 radical (unpaired) electrons. The summed E-state index contributed by atoms with van der Waals surface area (Å²) < 4.78 is 10.7. The molecule has 3 heterocycles. The number of benzene rings is 1. The predicted molar refractivity (Wildman–Crippen MR) is 103 cm³/mol. The zero-order valence-corrected chi connectivity index (χ0v) is 16.6. The summed E-state index contributed by atoms with van der Waals surface area (Å²) in [5, 5.41) is 1.53. The minimum atomic E-state index is -0.580. The third-order valence-corrected chi connectivity index (χ3v) is 6.49. The number of fused-ring (bicyclic) bond motifs is 1. The zero-order chi connectivity index (χ0) is 19.8. The van der Waals surface area contributed by atoms with Crippen LogP contribution in [0.25, 0.3) is 0 Å². The number of carbonyl (C=O) groups excluding carboxylic acids is 2. The maximum atomic E-state index is 13.0. The van der Waals surface area contributed by atoms with E-state index in [2.05, 4.69) is 0 Å². The van der Waals surface area contributed by atoms with Crippen molar-refractivity contribution in [1.82, 2.24) is 9.96 Å². The van der Waals surface area contributed by atoms with E-state index in [0.29, 0.717) is 11.4 Å². The SMILES string of the molecule is COc1ccc(COC(=O)C2=C([C@@H]3CCN(C)O3)CS[C@@H]3[C@H](N)C(=O)N23)cc1. The lowest BCUT2D eigenvalue weighted by atomic mass is 10.00. The van der Waals surface area contributed by atoms with Crippen LogP contribution in [0.4, 0.5) is 0 Å². The molecule has 1 aromatic rings. The summed E-state index contributed by atoms with van der Waals surface area (Å²) in [6.07, 6.45) is 0.534. The minimum Gasteiger partial charge on any atom is -0.497 e. The highest BCUT2D eigenvalue weighted by molar-refractivity contribution is 8.00. The van der Waals surface area contributed by atoms with Gasteiger partial charge in [-0.2, -0.15) is 5.06 Å². The predicted octanol–water partition coefficient (Wildman–Crippen LogP) is 0.871. The Hall–Kier alpha value is -2.07. The van der Waals surface area contributed by atoms with Gasteiger partial charge < -0.3 is 15.2 Å². The number of methoxy groups -OCH3 is 1. The number of amides is 1. The first kappa shape index (κ1) is 19.3. The standard InChI is InChI=1S/C19H23N3O5S/c1-21-8-7-14(27-21)13-10-28-18-15(20)17(23)22(18)16(13)19(24)26-9-11-3-5-12(25-2)6-4-11/h3-6,14-15,18H,7-10,20H2,1-2H3/t14-,15+,18+/m0/s1. The number of rotatable bonds is 5. The molecule has 0 spiro atoms. The Morgan fingerprint density at radius 1 is 1.36 bits per heavy atom. The smallest absolute Gasteiger partial charge is 0.355 e. The van der Waals surface area contributed by atoms with Gasteiger partial charge in [-0.15, -0.1) is 11.8 Å². The van der Waals surface area contributed by atoms with Crippen LogP contribution >= 0.6 is 11.8 Å². The van der Waals surface area contributed by atoms with Crippen molar-refractivity contribution < 1.29 is 23.9 Å². The lowest BCUT2D eigenvalue weighted by Gasteiger charge is -2.48. The van der Waals surface area contributed by atoms with E-state index in [-0.39, 0.29) is 24.0 Å².